The van der Waals surface area contributed by atoms with Gasteiger partial charge in [-0.1, -0.05) is 29.8 Å². The van der Waals surface area contributed by atoms with E-state index in [0.29, 0.717) is 18.2 Å². The molecule has 0 aliphatic rings. The zero-order valence-corrected chi connectivity index (χ0v) is 16.3. The van der Waals surface area contributed by atoms with Gasteiger partial charge in [-0.3, -0.25) is 4.98 Å². The van der Waals surface area contributed by atoms with E-state index < -0.39 is 10.0 Å². The molecular weight excluding hydrogens is 376 g/mol. The summed E-state index contributed by atoms with van der Waals surface area (Å²) < 4.78 is 26.8. The van der Waals surface area contributed by atoms with E-state index in [9.17, 15) is 8.42 Å². The van der Waals surface area contributed by atoms with Crippen LogP contribution in [0.15, 0.2) is 60.9 Å². The number of hydrogen-bond donors (Lipinski definition) is 3. The first-order valence-corrected chi connectivity index (χ1v) is 10.4. The van der Waals surface area contributed by atoms with Crippen LogP contribution in [0.25, 0.3) is 0 Å². The smallest absolute Gasteiger partial charge is 0.215 e. The minimum atomic E-state index is -3.38. The largest absolute Gasteiger partial charge is 0.367 e. The quantitative estimate of drug-likeness (QED) is 0.475. The summed E-state index contributed by atoms with van der Waals surface area (Å²) in [4.78, 5) is 3.95. The van der Waals surface area contributed by atoms with Crippen LogP contribution < -0.4 is 15.4 Å². The van der Waals surface area contributed by atoms with Crippen molar-refractivity contribution in [3.05, 3.63) is 72.1 Å². The molecule has 3 aromatic rings. The predicted molar refractivity (Wildman–Crippen MR) is 110 cm³/mol. The monoisotopic (exact) mass is 398 g/mol. The first-order valence-electron chi connectivity index (χ1n) is 8.78. The van der Waals surface area contributed by atoms with E-state index in [1.54, 1.807) is 24.5 Å². The second-order valence-electron chi connectivity index (χ2n) is 6.23. The van der Waals surface area contributed by atoms with Gasteiger partial charge in [-0.25, -0.2) is 13.1 Å². The molecule has 2 aromatic heterocycles. The highest BCUT2D eigenvalue weighted by Crippen LogP contribution is 2.13. The van der Waals surface area contributed by atoms with Crippen molar-refractivity contribution < 1.29 is 8.42 Å². The van der Waals surface area contributed by atoms with Crippen LogP contribution >= 0.6 is 0 Å². The van der Waals surface area contributed by atoms with Crippen LogP contribution in [-0.2, 0) is 15.8 Å². The van der Waals surface area contributed by atoms with Crippen molar-refractivity contribution in [2.45, 2.75) is 12.7 Å². The lowest BCUT2D eigenvalue weighted by Crippen LogP contribution is -2.30. The molecule has 0 radical (unpaired) electrons. The molecule has 28 heavy (non-hydrogen) atoms. The highest BCUT2D eigenvalue weighted by Gasteiger charge is 2.10. The number of nitrogens with zero attached hydrogens (tertiary/aromatic N) is 3. The van der Waals surface area contributed by atoms with E-state index in [2.05, 4.69) is 30.5 Å². The van der Waals surface area contributed by atoms with Crippen LogP contribution in [0.5, 0.6) is 0 Å². The normalized spacial score (nSPS) is 11.2. The number of anilines is 3. The summed E-state index contributed by atoms with van der Waals surface area (Å²) in [7, 11) is -3.38. The van der Waals surface area contributed by atoms with Crippen molar-refractivity contribution in [3.63, 3.8) is 0 Å². The highest BCUT2D eigenvalue weighted by atomic mass is 32.2. The van der Waals surface area contributed by atoms with Crippen LogP contribution in [0.4, 0.5) is 17.3 Å². The maximum Gasteiger partial charge on any atom is 0.215 e. The Labute approximate surface area is 164 Å². The Balaban J connectivity index is 1.42. The van der Waals surface area contributed by atoms with Gasteiger partial charge in [-0.2, -0.15) is 0 Å². The van der Waals surface area contributed by atoms with Crippen LogP contribution in [0, 0.1) is 6.92 Å². The number of nitrogens with one attached hydrogen (secondary N) is 3. The Bertz CT molecular complexity index is 977. The van der Waals surface area contributed by atoms with E-state index in [1.807, 2.05) is 43.3 Å². The van der Waals surface area contributed by atoms with Crippen LogP contribution in [-0.4, -0.2) is 36.7 Å². The molecule has 0 fully saturated rings. The van der Waals surface area contributed by atoms with E-state index in [0.717, 1.165) is 16.8 Å². The van der Waals surface area contributed by atoms with E-state index in [4.69, 9.17) is 0 Å². The zero-order valence-electron chi connectivity index (χ0n) is 15.5. The number of aromatic nitrogens is 3. The zero-order chi connectivity index (χ0) is 19.8. The van der Waals surface area contributed by atoms with E-state index in [-0.39, 0.29) is 12.3 Å². The van der Waals surface area contributed by atoms with E-state index in [1.165, 1.54) is 0 Å². The predicted octanol–water partition coefficient (Wildman–Crippen LogP) is 2.46. The second kappa shape index (κ2) is 9.25. The first kappa shape index (κ1) is 19.7. The van der Waals surface area contributed by atoms with Gasteiger partial charge in [0.1, 0.15) is 5.82 Å². The van der Waals surface area contributed by atoms with Gasteiger partial charge in [-0.15, -0.1) is 10.2 Å². The van der Waals surface area contributed by atoms with Crippen molar-refractivity contribution >= 4 is 27.3 Å². The molecule has 0 bridgehead atoms. The molecule has 0 unspecified atom stereocenters. The Morgan fingerprint density at radius 2 is 1.54 bits per heavy atom. The van der Waals surface area contributed by atoms with Crippen LogP contribution in [0.3, 0.4) is 0 Å². The fourth-order valence-corrected chi connectivity index (χ4v) is 3.57. The standard InChI is InChI=1S/C19H22N6O2S/c1-15-2-4-16(5-3-15)14-28(26,27)22-13-12-21-18-6-7-19(25-24-18)23-17-8-10-20-11-9-17/h2-11,22H,12-14H2,1H3,(H,21,24)(H,20,23,25). The van der Waals surface area contributed by atoms with Gasteiger partial charge in [0, 0.05) is 31.2 Å². The molecule has 9 heteroatoms. The molecule has 0 aliphatic carbocycles. The fraction of sp³-hybridized carbons (Fsp3) is 0.211. The number of sulfonamides is 1. The molecule has 3 rings (SSSR count). The third kappa shape index (κ3) is 6.29. The molecule has 146 valence electrons. The SMILES string of the molecule is Cc1ccc(CS(=O)(=O)NCCNc2ccc(Nc3ccncc3)nn2)cc1. The van der Waals surface area contributed by atoms with Gasteiger partial charge in [0.2, 0.25) is 10.0 Å². The number of aryl methyl sites for hydroxylation is 1. The molecule has 0 atom stereocenters. The molecule has 8 nitrogen and oxygen atoms in total. The lowest BCUT2D eigenvalue weighted by atomic mass is 10.2. The van der Waals surface area contributed by atoms with Gasteiger partial charge in [0.05, 0.1) is 5.75 Å². The minimum Gasteiger partial charge on any atom is -0.367 e. The fourth-order valence-electron chi connectivity index (χ4n) is 2.43. The number of rotatable bonds is 9. The van der Waals surface area contributed by atoms with Gasteiger partial charge in [-0.05, 0) is 36.8 Å². The third-order valence-electron chi connectivity index (χ3n) is 3.85. The summed E-state index contributed by atoms with van der Waals surface area (Å²) in [6.45, 7) is 2.62. The highest BCUT2D eigenvalue weighted by molar-refractivity contribution is 7.88. The number of pyridine rings is 1. The topological polar surface area (TPSA) is 109 Å². The lowest BCUT2D eigenvalue weighted by molar-refractivity contribution is 0.582. The maximum atomic E-state index is 12.1. The summed E-state index contributed by atoms with van der Waals surface area (Å²) in [6, 6.07) is 14.7. The lowest BCUT2D eigenvalue weighted by Gasteiger charge is -2.09. The second-order valence-corrected chi connectivity index (χ2v) is 8.04. The Morgan fingerprint density at radius 3 is 2.21 bits per heavy atom. The van der Waals surface area contributed by atoms with Gasteiger partial charge in [0.25, 0.3) is 0 Å². The molecule has 0 spiro atoms. The summed E-state index contributed by atoms with van der Waals surface area (Å²) in [6.07, 6.45) is 3.37. The van der Waals surface area contributed by atoms with Crippen molar-refractivity contribution in [2.24, 2.45) is 0 Å². The Hall–Kier alpha value is -3.04. The molecule has 0 saturated heterocycles. The van der Waals surface area contributed by atoms with Crippen molar-refractivity contribution in [1.29, 1.82) is 0 Å². The summed E-state index contributed by atoms with van der Waals surface area (Å²) in [5, 5.41) is 14.3. The Morgan fingerprint density at radius 1 is 0.857 bits per heavy atom. The average Bonchev–Trinajstić information content (AvgIpc) is 2.69. The molecule has 0 saturated carbocycles. The van der Waals surface area contributed by atoms with Crippen molar-refractivity contribution in [1.82, 2.24) is 19.9 Å². The van der Waals surface area contributed by atoms with E-state index >= 15 is 0 Å². The summed E-state index contributed by atoms with van der Waals surface area (Å²) in [5.74, 6) is 1.14. The minimum absolute atomic E-state index is 0.0392. The molecule has 1 aromatic carbocycles. The Kier molecular flexibility index (Phi) is 6.51. The molecule has 0 aliphatic heterocycles. The molecular formula is C19H22N6O2S. The van der Waals surface area contributed by atoms with Crippen LogP contribution in [0.2, 0.25) is 0 Å². The molecule has 2 heterocycles. The maximum absolute atomic E-state index is 12.1. The van der Waals surface area contributed by atoms with Crippen molar-refractivity contribution in [2.75, 3.05) is 23.7 Å². The summed E-state index contributed by atoms with van der Waals surface area (Å²) >= 11 is 0. The third-order valence-corrected chi connectivity index (χ3v) is 5.20. The van der Waals surface area contributed by atoms with Crippen LogP contribution in [0.1, 0.15) is 11.1 Å². The molecule has 3 N–H and O–H groups in total. The average molecular weight is 398 g/mol. The first-order chi connectivity index (χ1) is 13.5. The molecule has 0 amide bonds. The van der Waals surface area contributed by atoms with Crippen molar-refractivity contribution in [3.8, 4) is 0 Å². The summed E-state index contributed by atoms with van der Waals surface area (Å²) in [5.41, 5.74) is 2.73. The van der Waals surface area contributed by atoms with Gasteiger partial charge >= 0.3 is 0 Å². The van der Waals surface area contributed by atoms with Gasteiger partial charge in [0.15, 0.2) is 5.82 Å². The number of hydrogen-bond acceptors (Lipinski definition) is 7. The van der Waals surface area contributed by atoms with Gasteiger partial charge < -0.3 is 10.6 Å². The number of benzene rings is 1.